The van der Waals surface area contributed by atoms with Gasteiger partial charge in [0.25, 0.3) is 0 Å². The number of hydrogen-bond donors (Lipinski definition) is 0. The Morgan fingerprint density at radius 1 is 1.47 bits per heavy atom. The van der Waals surface area contributed by atoms with E-state index in [0.717, 1.165) is 24.4 Å². The van der Waals surface area contributed by atoms with Crippen LogP contribution in [0.25, 0.3) is 0 Å². The van der Waals surface area contributed by atoms with E-state index in [4.69, 9.17) is 11.6 Å². The highest BCUT2D eigenvalue weighted by Crippen LogP contribution is 2.35. The molecule has 1 saturated carbocycles. The molecule has 2 nitrogen and oxygen atoms in total. The van der Waals surface area contributed by atoms with Crippen molar-refractivity contribution in [1.82, 2.24) is 0 Å². The molecule has 0 aromatic heterocycles. The second kappa shape index (κ2) is 5.09. The van der Waals surface area contributed by atoms with E-state index in [2.05, 4.69) is 18.7 Å². The number of rotatable bonds is 5. The van der Waals surface area contributed by atoms with Crippen LogP contribution >= 0.6 is 11.6 Å². The molecule has 0 spiro atoms. The molecule has 1 aliphatic rings. The van der Waals surface area contributed by atoms with Crippen LogP contribution in [0.3, 0.4) is 0 Å². The normalized spacial score (nSPS) is 15.1. The van der Waals surface area contributed by atoms with E-state index < -0.39 is 0 Å². The van der Waals surface area contributed by atoms with Gasteiger partial charge >= 0.3 is 0 Å². The van der Waals surface area contributed by atoms with Crippen LogP contribution in [0, 0.1) is 5.92 Å². The Morgan fingerprint density at radius 2 is 2.18 bits per heavy atom. The number of hydrogen-bond acceptors (Lipinski definition) is 2. The summed E-state index contributed by atoms with van der Waals surface area (Å²) in [6.07, 6.45) is 3.48. The van der Waals surface area contributed by atoms with E-state index in [0.29, 0.717) is 16.6 Å². The molecule has 0 atom stereocenters. The van der Waals surface area contributed by atoms with Crippen LogP contribution < -0.4 is 4.90 Å². The van der Waals surface area contributed by atoms with E-state index >= 15 is 0 Å². The van der Waals surface area contributed by atoms with Crippen molar-refractivity contribution < 1.29 is 4.79 Å². The molecule has 0 heterocycles. The zero-order chi connectivity index (χ0) is 12.4. The Labute approximate surface area is 108 Å². The second-order valence-corrected chi connectivity index (χ2v) is 5.43. The number of carbonyl (C=O) groups excluding carboxylic acids is 1. The third-order valence-corrected chi connectivity index (χ3v) is 3.50. The minimum absolute atomic E-state index is 0.426. The molecule has 1 fully saturated rings. The molecule has 17 heavy (non-hydrogen) atoms. The van der Waals surface area contributed by atoms with Gasteiger partial charge in [-0.05, 0) is 50.8 Å². The highest BCUT2D eigenvalue weighted by molar-refractivity contribution is 6.33. The zero-order valence-electron chi connectivity index (χ0n) is 10.3. The third kappa shape index (κ3) is 3.01. The van der Waals surface area contributed by atoms with Crippen molar-refractivity contribution in [3.8, 4) is 0 Å². The summed E-state index contributed by atoms with van der Waals surface area (Å²) in [6.45, 7) is 5.41. The zero-order valence-corrected chi connectivity index (χ0v) is 11.1. The fourth-order valence-corrected chi connectivity index (χ4v) is 2.29. The quantitative estimate of drug-likeness (QED) is 0.743. The average molecular weight is 252 g/mol. The van der Waals surface area contributed by atoms with Crippen LogP contribution in [0.5, 0.6) is 0 Å². The monoisotopic (exact) mass is 251 g/mol. The first-order valence-corrected chi connectivity index (χ1v) is 6.51. The number of benzene rings is 1. The average Bonchev–Trinajstić information content (AvgIpc) is 3.10. The summed E-state index contributed by atoms with van der Waals surface area (Å²) in [6, 6.07) is 5.95. The highest BCUT2D eigenvalue weighted by Gasteiger charge is 2.26. The molecule has 0 saturated heterocycles. The molecule has 0 aliphatic heterocycles. The number of carbonyl (C=O) groups is 1. The SMILES string of the molecule is CC(C)N(CC1CC1)c1ccc(C=O)cc1Cl. The van der Waals surface area contributed by atoms with Crippen LogP contribution in [0.4, 0.5) is 5.69 Å². The van der Waals surface area contributed by atoms with E-state index in [1.807, 2.05) is 12.1 Å². The largest absolute Gasteiger partial charge is 0.368 e. The maximum absolute atomic E-state index is 10.7. The summed E-state index contributed by atoms with van der Waals surface area (Å²) >= 11 is 6.25. The van der Waals surface area contributed by atoms with Crippen molar-refractivity contribution in [3.05, 3.63) is 28.8 Å². The van der Waals surface area contributed by atoms with Crippen LogP contribution in [-0.2, 0) is 0 Å². The predicted octanol–water partition coefficient (Wildman–Crippen LogP) is 3.78. The standard InChI is InChI=1S/C14H18ClNO/c1-10(2)16(8-11-3-4-11)14-6-5-12(9-17)7-13(14)15/h5-7,9-11H,3-4,8H2,1-2H3. The molecule has 0 N–H and O–H groups in total. The van der Waals surface area contributed by atoms with Gasteiger partial charge in [-0.2, -0.15) is 0 Å². The molecule has 1 aromatic carbocycles. The maximum atomic E-state index is 10.7. The fourth-order valence-electron chi connectivity index (χ4n) is 2.00. The second-order valence-electron chi connectivity index (χ2n) is 5.02. The highest BCUT2D eigenvalue weighted by atomic mass is 35.5. The first-order chi connectivity index (χ1) is 8.11. The molecule has 0 unspecified atom stereocenters. The summed E-state index contributed by atoms with van der Waals surface area (Å²) in [5.41, 5.74) is 1.67. The molecule has 2 rings (SSSR count). The van der Waals surface area contributed by atoms with Gasteiger partial charge in [0.15, 0.2) is 0 Å². The van der Waals surface area contributed by atoms with Gasteiger partial charge < -0.3 is 4.90 Å². The fraction of sp³-hybridized carbons (Fsp3) is 0.500. The molecule has 1 aliphatic carbocycles. The number of nitrogens with zero attached hydrogens (tertiary/aromatic N) is 1. The summed E-state index contributed by atoms with van der Waals surface area (Å²) in [5.74, 6) is 0.819. The van der Waals surface area contributed by atoms with Crippen LogP contribution in [0.2, 0.25) is 5.02 Å². The topological polar surface area (TPSA) is 20.3 Å². The van der Waals surface area contributed by atoms with Crippen LogP contribution in [0.15, 0.2) is 18.2 Å². The summed E-state index contributed by atoms with van der Waals surface area (Å²) in [5, 5.41) is 0.670. The predicted molar refractivity (Wildman–Crippen MR) is 72.0 cm³/mol. The minimum atomic E-state index is 0.426. The van der Waals surface area contributed by atoms with Gasteiger partial charge in [-0.25, -0.2) is 0 Å². The lowest BCUT2D eigenvalue weighted by Crippen LogP contribution is -2.32. The Balaban J connectivity index is 2.24. The van der Waals surface area contributed by atoms with Crippen molar-refractivity contribution in [2.24, 2.45) is 5.92 Å². The third-order valence-electron chi connectivity index (χ3n) is 3.19. The molecule has 0 bridgehead atoms. The lowest BCUT2D eigenvalue weighted by molar-refractivity contribution is 0.112. The van der Waals surface area contributed by atoms with Gasteiger partial charge in [0.2, 0.25) is 0 Å². The van der Waals surface area contributed by atoms with Crippen LogP contribution in [-0.4, -0.2) is 18.9 Å². The molecule has 3 heteroatoms. The summed E-state index contributed by atoms with van der Waals surface area (Å²) in [7, 11) is 0. The van der Waals surface area contributed by atoms with Gasteiger partial charge in [0.05, 0.1) is 10.7 Å². The van der Waals surface area contributed by atoms with Crippen molar-refractivity contribution in [1.29, 1.82) is 0 Å². The Morgan fingerprint density at radius 3 is 2.65 bits per heavy atom. The van der Waals surface area contributed by atoms with Gasteiger partial charge in [0.1, 0.15) is 6.29 Å². The van der Waals surface area contributed by atoms with Crippen molar-refractivity contribution in [3.63, 3.8) is 0 Å². The lowest BCUT2D eigenvalue weighted by Gasteiger charge is -2.30. The maximum Gasteiger partial charge on any atom is 0.150 e. The smallest absolute Gasteiger partial charge is 0.150 e. The van der Waals surface area contributed by atoms with Crippen molar-refractivity contribution in [2.45, 2.75) is 32.7 Å². The van der Waals surface area contributed by atoms with Gasteiger partial charge in [-0.3, -0.25) is 4.79 Å². The van der Waals surface area contributed by atoms with E-state index in [1.54, 1.807) is 6.07 Å². The van der Waals surface area contributed by atoms with Crippen molar-refractivity contribution >= 4 is 23.6 Å². The number of anilines is 1. The number of aldehydes is 1. The number of halogens is 1. The van der Waals surface area contributed by atoms with E-state index in [1.165, 1.54) is 12.8 Å². The van der Waals surface area contributed by atoms with Crippen molar-refractivity contribution in [2.75, 3.05) is 11.4 Å². The van der Waals surface area contributed by atoms with Gasteiger partial charge in [-0.1, -0.05) is 11.6 Å². The van der Waals surface area contributed by atoms with Gasteiger partial charge in [-0.15, -0.1) is 0 Å². The minimum Gasteiger partial charge on any atom is -0.368 e. The van der Waals surface area contributed by atoms with Crippen LogP contribution in [0.1, 0.15) is 37.0 Å². The summed E-state index contributed by atoms with van der Waals surface area (Å²) < 4.78 is 0. The molecular formula is C14H18ClNO. The molecule has 0 amide bonds. The first-order valence-electron chi connectivity index (χ1n) is 6.13. The first kappa shape index (κ1) is 12.4. The molecule has 92 valence electrons. The van der Waals surface area contributed by atoms with Gasteiger partial charge in [0, 0.05) is 18.2 Å². The Hall–Kier alpha value is -1.02. The molecule has 1 aromatic rings. The van der Waals surface area contributed by atoms with E-state index in [-0.39, 0.29) is 0 Å². The molecule has 0 radical (unpaired) electrons. The molecular weight excluding hydrogens is 234 g/mol. The Kier molecular flexibility index (Phi) is 3.72. The lowest BCUT2D eigenvalue weighted by atomic mass is 10.1. The van der Waals surface area contributed by atoms with E-state index in [9.17, 15) is 4.79 Å². The summed E-state index contributed by atoms with van der Waals surface area (Å²) in [4.78, 5) is 13.0. The Bertz CT molecular complexity index is 413.